The van der Waals surface area contributed by atoms with Crippen LogP contribution in [0, 0.1) is 12.3 Å². The van der Waals surface area contributed by atoms with E-state index < -0.39 is 0 Å². The molecule has 1 heterocycles. The van der Waals surface area contributed by atoms with Crippen molar-refractivity contribution in [2.45, 2.75) is 0 Å². The molecule has 20 heavy (non-hydrogen) atoms. The van der Waals surface area contributed by atoms with E-state index in [1.165, 1.54) is 6.33 Å². The molecule has 3 aromatic rings. The number of aromatic nitrogens is 2. The first-order valence-corrected chi connectivity index (χ1v) is 6.33. The Morgan fingerprint density at radius 3 is 2.70 bits per heavy atom. The van der Waals surface area contributed by atoms with Gasteiger partial charge in [0, 0.05) is 27.2 Å². The lowest BCUT2D eigenvalue weighted by Crippen LogP contribution is -1.95. The summed E-state index contributed by atoms with van der Waals surface area (Å²) >= 11 is 5.98. The van der Waals surface area contributed by atoms with Crippen molar-refractivity contribution in [2.75, 3.05) is 5.73 Å². The van der Waals surface area contributed by atoms with Crippen LogP contribution in [-0.4, -0.2) is 9.97 Å². The molecule has 1 aromatic heterocycles. The Morgan fingerprint density at radius 2 is 1.95 bits per heavy atom. The van der Waals surface area contributed by atoms with Gasteiger partial charge in [-0.1, -0.05) is 17.5 Å². The average molecular weight is 280 g/mol. The molecular weight excluding hydrogens is 270 g/mol. The minimum atomic E-state index is 0.593. The van der Waals surface area contributed by atoms with E-state index in [1.807, 2.05) is 24.3 Å². The normalized spacial score (nSPS) is 10.4. The third kappa shape index (κ3) is 2.07. The van der Waals surface area contributed by atoms with E-state index in [4.69, 9.17) is 23.8 Å². The highest BCUT2D eigenvalue weighted by atomic mass is 35.5. The first kappa shape index (κ1) is 12.5. The summed E-state index contributed by atoms with van der Waals surface area (Å²) in [6, 6.07) is 11.0. The van der Waals surface area contributed by atoms with Gasteiger partial charge in [-0.15, -0.1) is 6.42 Å². The van der Waals surface area contributed by atoms with Crippen LogP contribution in [0.5, 0.6) is 0 Å². The van der Waals surface area contributed by atoms with E-state index in [-0.39, 0.29) is 0 Å². The summed E-state index contributed by atoms with van der Waals surface area (Å²) in [7, 11) is 0. The number of fused-ring (bicyclic) bond motifs is 1. The number of nitrogens with zero attached hydrogens (tertiary/aromatic N) is 2. The van der Waals surface area contributed by atoms with Gasteiger partial charge in [0.15, 0.2) is 0 Å². The molecule has 0 fully saturated rings. The number of halogens is 1. The van der Waals surface area contributed by atoms with Gasteiger partial charge >= 0.3 is 0 Å². The summed E-state index contributed by atoms with van der Waals surface area (Å²) in [6.45, 7) is 0. The highest BCUT2D eigenvalue weighted by molar-refractivity contribution is 6.31. The molecule has 0 amide bonds. The summed E-state index contributed by atoms with van der Waals surface area (Å²) in [6.07, 6.45) is 6.87. The molecule has 0 aliphatic heterocycles. The molecule has 2 N–H and O–H groups in total. The minimum absolute atomic E-state index is 0.593. The van der Waals surface area contributed by atoms with Crippen LogP contribution in [0.4, 0.5) is 5.69 Å². The highest BCUT2D eigenvalue weighted by Gasteiger charge is 2.10. The van der Waals surface area contributed by atoms with E-state index in [0.29, 0.717) is 10.7 Å². The average Bonchev–Trinajstić information content (AvgIpc) is 2.46. The lowest BCUT2D eigenvalue weighted by molar-refractivity contribution is 1.22. The molecule has 0 aliphatic carbocycles. The van der Waals surface area contributed by atoms with Crippen LogP contribution in [0.1, 0.15) is 5.56 Å². The molecule has 2 aromatic carbocycles. The summed E-state index contributed by atoms with van der Waals surface area (Å²) in [5.41, 5.74) is 9.79. The second-order valence-corrected chi connectivity index (χ2v) is 4.77. The molecule has 0 bridgehead atoms. The molecular formula is C16H10ClN3. The second-order valence-electron chi connectivity index (χ2n) is 4.33. The molecule has 0 radical (unpaired) electrons. The first-order chi connectivity index (χ1) is 9.69. The van der Waals surface area contributed by atoms with Crippen LogP contribution in [0.15, 0.2) is 42.7 Å². The maximum absolute atomic E-state index is 6.07. The molecule has 0 spiro atoms. The van der Waals surface area contributed by atoms with E-state index >= 15 is 0 Å². The third-order valence-corrected chi connectivity index (χ3v) is 3.31. The minimum Gasteiger partial charge on any atom is -0.398 e. The predicted molar refractivity (Wildman–Crippen MR) is 82.3 cm³/mol. The van der Waals surface area contributed by atoms with Gasteiger partial charge in [0.2, 0.25) is 0 Å². The smallest absolute Gasteiger partial charge is 0.116 e. The predicted octanol–water partition coefficient (Wildman–Crippen LogP) is 3.51. The van der Waals surface area contributed by atoms with Crippen LogP contribution < -0.4 is 5.73 Å². The number of hydrogen-bond acceptors (Lipinski definition) is 3. The van der Waals surface area contributed by atoms with Crippen LogP contribution in [0.3, 0.4) is 0 Å². The van der Waals surface area contributed by atoms with Gasteiger partial charge in [-0.3, -0.25) is 0 Å². The van der Waals surface area contributed by atoms with Gasteiger partial charge < -0.3 is 5.73 Å². The number of terminal acetylenes is 1. The Bertz CT molecular complexity index is 850. The summed E-state index contributed by atoms with van der Waals surface area (Å²) < 4.78 is 0. The molecule has 0 saturated carbocycles. The molecule has 4 heteroatoms. The van der Waals surface area contributed by atoms with Gasteiger partial charge in [0.1, 0.15) is 6.33 Å². The molecule has 3 nitrogen and oxygen atoms in total. The van der Waals surface area contributed by atoms with E-state index in [0.717, 1.165) is 27.7 Å². The molecule has 0 saturated heterocycles. The van der Waals surface area contributed by atoms with Crippen molar-refractivity contribution in [2.24, 2.45) is 0 Å². The highest BCUT2D eigenvalue weighted by Crippen LogP contribution is 2.31. The van der Waals surface area contributed by atoms with Crippen LogP contribution in [0.25, 0.3) is 22.2 Å². The van der Waals surface area contributed by atoms with Gasteiger partial charge in [-0.2, -0.15) is 0 Å². The Morgan fingerprint density at radius 1 is 1.10 bits per heavy atom. The molecule has 0 atom stereocenters. The molecule has 0 unspecified atom stereocenters. The zero-order chi connectivity index (χ0) is 14.1. The van der Waals surface area contributed by atoms with Crippen molar-refractivity contribution >= 4 is 28.2 Å². The Labute approximate surface area is 121 Å². The largest absolute Gasteiger partial charge is 0.398 e. The summed E-state index contributed by atoms with van der Waals surface area (Å²) in [5, 5.41) is 1.54. The topological polar surface area (TPSA) is 51.8 Å². The zero-order valence-electron chi connectivity index (χ0n) is 10.5. The van der Waals surface area contributed by atoms with Gasteiger partial charge in [0.05, 0.1) is 11.2 Å². The van der Waals surface area contributed by atoms with Crippen molar-refractivity contribution in [3.05, 3.63) is 53.3 Å². The van der Waals surface area contributed by atoms with Crippen molar-refractivity contribution in [3.63, 3.8) is 0 Å². The van der Waals surface area contributed by atoms with Gasteiger partial charge in [0.25, 0.3) is 0 Å². The van der Waals surface area contributed by atoms with Crippen molar-refractivity contribution in [1.82, 2.24) is 9.97 Å². The van der Waals surface area contributed by atoms with Crippen molar-refractivity contribution in [1.29, 1.82) is 0 Å². The Hall–Kier alpha value is -2.57. The summed E-state index contributed by atoms with van der Waals surface area (Å²) in [5.74, 6) is 2.56. The maximum atomic E-state index is 6.07. The lowest BCUT2D eigenvalue weighted by Gasteiger charge is -2.08. The van der Waals surface area contributed by atoms with Crippen LogP contribution >= 0.6 is 11.6 Å². The zero-order valence-corrected chi connectivity index (χ0v) is 11.2. The summed E-state index contributed by atoms with van der Waals surface area (Å²) in [4.78, 5) is 8.56. The van der Waals surface area contributed by atoms with Crippen LogP contribution in [-0.2, 0) is 0 Å². The van der Waals surface area contributed by atoms with E-state index in [2.05, 4.69) is 15.9 Å². The third-order valence-electron chi connectivity index (χ3n) is 3.07. The van der Waals surface area contributed by atoms with E-state index in [1.54, 1.807) is 12.1 Å². The number of nitrogen functional groups attached to an aromatic ring is 1. The number of nitrogens with two attached hydrogens (primary N) is 1. The quantitative estimate of drug-likeness (QED) is 0.548. The Balaban J connectivity index is 2.27. The lowest BCUT2D eigenvalue weighted by atomic mass is 10.0. The number of benzene rings is 2. The van der Waals surface area contributed by atoms with Crippen molar-refractivity contribution in [3.8, 4) is 23.6 Å². The standard InChI is InChI=1S/C16H10ClN3/c1-2-10-3-5-12(14(18)7-10)16-13-6-4-11(17)8-15(13)19-9-20-16/h1,3-9H,18H2. The fraction of sp³-hybridized carbons (Fsp3) is 0. The fourth-order valence-corrected chi connectivity index (χ4v) is 2.28. The number of rotatable bonds is 1. The monoisotopic (exact) mass is 279 g/mol. The molecule has 3 rings (SSSR count). The second kappa shape index (κ2) is 4.84. The van der Waals surface area contributed by atoms with Crippen LogP contribution in [0.2, 0.25) is 5.02 Å². The SMILES string of the molecule is C#Cc1ccc(-c2ncnc3cc(Cl)ccc23)c(N)c1. The Kier molecular flexibility index (Phi) is 3.02. The van der Waals surface area contributed by atoms with Gasteiger partial charge in [-0.05, 0) is 36.4 Å². The number of hydrogen-bond donors (Lipinski definition) is 1. The number of anilines is 1. The molecule has 96 valence electrons. The maximum Gasteiger partial charge on any atom is 0.116 e. The van der Waals surface area contributed by atoms with Gasteiger partial charge in [-0.25, -0.2) is 9.97 Å². The van der Waals surface area contributed by atoms with Crippen molar-refractivity contribution < 1.29 is 0 Å². The molecule has 0 aliphatic rings. The van der Waals surface area contributed by atoms with E-state index in [9.17, 15) is 0 Å². The first-order valence-electron chi connectivity index (χ1n) is 5.96. The fourth-order valence-electron chi connectivity index (χ4n) is 2.11.